The van der Waals surface area contributed by atoms with Gasteiger partial charge in [-0.05, 0) is 45.4 Å². The summed E-state index contributed by atoms with van der Waals surface area (Å²) in [6.45, 7) is 6.93. The number of carbonyl (C=O) groups is 1. The van der Waals surface area contributed by atoms with Crippen molar-refractivity contribution < 1.29 is 19.7 Å². The lowest BCUT2D eigenvalue weighted by Crippen LogP contribution is -2.30. The number of rotatable bonds is 3. The quantitative estimate of drug-likeness (QED) is 0.811. The van der Waals surface area contributed by atoms with Crippen molar-refractivity contribution in [2.24, 2.45) is 5.92 Å². The standard InChI is InChI=1S/C14H20O4/c1-9(13(17)18-14(2,3)4)12(16)10-6-5-7-11(15)8-10/h5-9,12,15-16H,1-4H3. The average Bonchev–Trinajstić information content (AvgIpc) is 2.24. The molecule has 0 fully saturated rings. The topological polar surface area (TPSA) is 66.8 Å². The van der Waals surface area contributed by atoms with Crippen molar-refractivity contribution in [3.8, 4) is 5.75 Å². The Balaban J connectivity index is 2.78. The van der Waals surface area contributed by atoms with Gasteiger partial charge in [-0.15, -0.1) is 0 Å². The first-order valence-electron chi connectivity index (χ1n) is 5.90. The molecule has 2 N–H and O–H groups in total. The largest absolute Gasteiger partial charge is 0.508 e. The number of benzene rings is 1. The smallest absolute Gasteiger partial charge is 0.312 e. The van der Waals surface area contributed by atoms with Crippen LogP contribution < -0.4 is 0 Å². The normalized spacial score (nSPS) is 14.9. The van der Waals surface area contributed by atoms with Crippen LogP contribution in [0.25, 0.3) is 0 Å². The molecular formula is C14H20O4. The first-order chi connectivity index (χ1) is 8.20. The molecule has 0 heterocycles. The fourth-order valence-electron chi connectivity index (χ4n) is 1.52. The Bertz CT molecular complexity index is 420. The lowest BCUT2D eigenvalue weighted by atomic mass is 9.97. The highest BCUT2D eigenvalue weighted by atomic mass is 16.6. The van der Waals surface area contributed by atoms with E-state index in [-0.39, 0.29) is 5.75 Å². The van der Waals surface area contributed by atoms with Gasteiger partial charge in [0.25, 0.3) is 0 Å². The predicted molar refractivity (Wildman–Crippen MR) is 68.1 cm³/mol. The molecule has 0 aliphatic rings. The number of aliphatic hydroxyl groups excluding tert-OH is 1. The molecule has 1 aromatic carbocycles. The van der Waals surface area contributed by atoms with E-state index in [2.05, 4.69) is 0 Å². The van der Waals surface area contributed by atoms with Crippen LogP contribution in [0.1, 0.15) is 39.4 Å². The summed E-state index contributed by atoms with van der Waals surface area (Å²) in [4.78, 5) is 11.8. The van der Waals surface area contributed by atoms with Crippen molar-refractivity contribution in [2.75, 3.05) is 0 Å². The molecule has 2 unspecified atom stereocenters. The molecule has 4 nitrogen and oxygen atoms in total. The van der Waals surface area contributed by atoms with Crippen LogP contribution in [0, 0.1) is 5.92 Å². The molecule has 2 atom stereocenters. The van der Waals surface area contributed by atoms with Gasteiger partial charge in [-0.3, -0.25) is 4.79 Å². The van der Waals surface area contributed by atoms with Crippen LogP contribution in [-0.4, -0.2) is 21.8 Å². The number of ether oxygens (including phenoxy) is 1. The fourth-order valence-corrected chi connectivity index (χ4v) is 1.52. The van der Waals surface area contributed by atoms with Crippen molar-refractivity contribution in [1.82, 2.24) is 0 Å². The zero-order valence-electron chi connectivity index (χ0n) is 11.2. The van der Waals surface area contributed by atoms with Gasteiger partial charge in [0.05, 0.1) is 12.0 Å². The molecule has 0 amide bonds. The van der Waals surface area contributed by atoms with Crippen molar-refractivity contribution in [2.45, 2.75) is 39.4 Å². The Kier molecular flexibility index (Phi) is 4.35. The van der Waals surface area contributed by atoms with Gasteiger partial charge in [-0.1, -0.05) is 12.1 Å². The maximum absolute atomic E-state index is 11.8. The fraction of sp³-hybridized carbons (Fsp3) is 0.500. The molecule has 100 valence electrons. The van der Waals surface area contributed by atoms with Gasteiger partial charge in [0.1, 0.15) is 11.4 Å². The Morgan fingerprint density at radius 2 is 1.94 bits per heavy atom. The van der Waals surface area contributed by atoms with Crippen LogP contribution >= 0.6 is 0 Å². The van der Waals surface area contributed by atoms with Crippen LogP contribution in [0.15, 0.2) is 24.3 Å². The van der Waals surface area contributed by atoms with Crippen LogP contribution in [0.4, 0.5) is 0 Å². The maximum atomic E-state index is 11.8. The Morgan fingerprint density at radius 3 is 2.44 bits per heavy atom. The van der Waals surface area contributed by atoms with Crippen LogP contribution in [0.5, 0.6) is 5.75 Å². The van der Waals surface area contributed by atoms with E-state index in [4.69, 9.17) is 4.74 Å². The van der Waals surface area contributed by atoms with E-state index in [0.29, 0.717) is 5.56 Å². The van der Waals surface area contributed by atoms with Gasteiger partial charge in [-0.25, -0.2) is 0 Å². The number of hydrogen-bond donors (Lipinski definition) is 2. The number of aromatic hydroxyl groups is 1. The second kappa shape index (κ2) is 5.40. The second-order valence-electron chi connectivity index (χ2n) is 5.36. The maximum Gasteiger partial charge on any atom is 0.312 e. The first-order valence-corrected chi connectivity index (χ1v) is 5.90. The van der Waals surface area contributed by atoms with Gasteiger partial charge >= 0.3 is 5.97 Å². The van der Waals surface area contributed by atoms with E-state index in [9.17, 15) is 15.0 Å². The number of aliphatic hydroxyl groups is 1. The molecule has 0 aromatic heterocycles. The number of phenols is 1. The number of esters is 1. The SMILES string of the molecule is CC(C(=O)OC(C)(C)C)C(O)c1cccc(O)c1. The van der Waals surface area contributed by atoms with Gasteiger partial charge in [0, 0.05) is 0 Å². The molecule has 0 aliphatic carbocycles. The van der Waals surface area contributed by atoms with Crippen LogP contribution in [0.2, 0.25) is 0 Å². The highest BCUT2D eigenvalue weighted by molar-refractivity contribution is 5.73. The third kappa shape index (κ3) is 4.04. The average molecular weight is 252 g/mol. The van der Waals surface area contributed by atoms with Gasteiger partial charge in [0.15, 0.2) is 0 Å². The van der Waals surface area contributed by atoms with Crippen molar-refractivity contribution >= 4 is 5.97 Å². The molecule has 4 heteroatoms. The molecular weight excluding hydrogens is 232 g/mol. The summed E-state index contributed by atoms with van der Waals surface area (Å²) in [5.41, 5.74) is -0.0856. The van der Waals surface area contributed by atoms with Crippen LogP contribution in [0.3, 0.4) is 0 Å². The molecule has 1 rings (SSSR count). The second-order valence-corrected chi connectivity index (χ2v) is 5.36. The number of hydrogen-bond acceptors (Lipinski definition) is 4. The minimum atomic E-state index is -0.994. The summed E-state index contributed by atoms with van der Waals surface area (Å²) in [6.07, 6.45) is -0.994. The minimum Gasteiger partial charge on any atom is -0.508 e. The predicted octanol–water partition coefficient (Wildman–Crippen LogP) is 2.40. The van der Waals surface area contributed by atoms with Crippen molar-refractivity contribution in [3.05, 3.63) is 29.8 Å². The monoisotopic (exact) mass is 252 g/mol. The third-order valence-corrected chi connectivity index (χ3v) is 2.46. The summed E-state index contributed by atoms with van der Waals surface area (Å²) in [6, 6.07) is 6.22. The first kappa shape index (κ1) is 14.5. The zero-order chi connectivity index (χ0) is 13.9. The van der Waals surface area contributed by atoms with Crippen molar-refractivity contribution in [1.29, 1.82) is 0 Å². The molecule has 0 radical (unpaired) electrons. The third-order valence-electron chi connectivity index (χ3n) is 2.46. The van der Waals surface area contributed by atoms with Crippen LogP contribution in [-0.2, 0) is 9.53 Å². The Morgan fingerprint density at radius 1 is 1.33 bits per heavy atom. The van der Waals surface area contributed by atoms with Gasteiger partial charge in [0.2, 0.25) is 0 Å². The molecule has 0 aliphatic heterocycles. The van der Waals surface area contributed by atoms with E-state index in [1.165, 1.54) is 12.1 Å². The lowest BCUT2D eigenvalue weighted by molar-refractivity contribution is -0.163. The molecule has 1 aromatic rings. The summed E-state index contributed by atoms with van der Waals surface area (Å²) in [5, 5.41) is 19.4. The van der Waals surface area contributed by atoms with Gasteiger partial charge < -0.3 is 14.9 Å². The van der Waals surface area contributed by atoms with Gasteiger partial charge in [-0.2, -0.15) is 0 Å². The molecule has 0 saturated carbocycles. The summed E-state index contributed by atoms with van der Waals surface area (Å²) in [7, 11) is 0. The van der Waals surface area contributed by atoms with E-state index in [1.807, 2.05) is 0 Å². The molecule has 18 heavy (non-hydrogen) atoms. The molecule has 0 saturated heterocycles. The van der Waals surface area contributed by atoms with Crippen molar-refractivity contribution in [3.63, 3.8) is 0 Å². The minimum absolute atomic E-state index is 0.0583. The zero-order valence-corrected chi connectivity index (χ0v) is 11.2. The summed E-state index contributed by atoms with van der Waals surface area (Å²) in [5.74, 6) is -1.09. The summed E-state index contributed by atoms with van der Waals surface area (Å²) < 4.78 is 5.21. The molecule has 0 bridgehead atoms. The lowest BCUT2D eigenvalue weighted by Gasteiger charge is -2.24. The van der Waals surface area contributed by atoms with E-state index < -0.39 is 23.6 Å². The van der Waals surface area contributed by atoms with E-state index in [0.717, 1.165) is 0 Å². The molecule has 0 spiro atoms. The number of carbonyl (C=O) groups excluding carboxylic acids is 1. The summed E-state index contributed by atoms with van der Waals surface area (Å²) >= 11 is 0. The number of phenolic OH excluding ortho intramolecular Hbond substituents is 1. The Labute approximate surface area is 107 Å². The van der Waals surface area contributed by atoms with E-state index >= 15 is 0 Å². The Hall–Kier alpha value is -1.55. The highest BCUT2D eigenvalue weighted by Crippen LogP contribution is 2.26. The van der Waals surface area contributed by atoms with E-state index in [1.54, 1.807) is 39.8 Å². The highest BCUT2D eigenvalue weighted by Gasteiger charge is 2.28.